The van der Waals surface area contributed by atoms with Crippen LogP contribution in [0.5, 0.6) is 0 Å². The van der Waals surface area contributed by atoms with Crippen molar-refractivity contribution < 1.29 is 0 Å². The third-order valence-electron chi connectivity index (χ3n) is 6.25. The predicted molar refractivity (Wildman–Crippen MR) is 83.7 cm³/mol. The predicted octanol–water partition coefficient (Wildman–Crippen LogP) is 5.45. The van der Waals surface area contributed by atoms with Crippen LogP contribution in [0, 0.1) is 11.3 Å². The number of halogens is 1. The molecular weight excluding hydrogens is 296 g/mol. The second kappa shape index (κ2) is 3.87. The van der Waals surface area contributed by atoms with Gasteiger partial charge in [0.2, 0.25) is 0 Å². The molecule has 19 heavy (non-hydrogen) atoms. The van der Waals surface area contributed by atoms with Crippen molar-refractivity contribution >= 4 is 15.9 Å². The van der Waals surface area contributed by atoms with E-state index in [1.54, 1.807) is 5.56 Å². The van der Waals surface area contributed by atoms with E-state index in [1.165, 1.54) is 44.9 Å². The molecule has 0 heterocycles. The molecule has 4 aliphatic rings. The second-order valence-electron chi connectivity index (χ2n) is 7.66. The van der Waals surface area contributed by atoms with E-state index in [0.29, 0.717) is 15.2 Å². The third kappa shape index (κ3) is 1.77. The van der Waals surface area contributed by atoms with Gasteiger partial charge in [0.15, 0.2) is 0 Å². The lowest BCUT2D eigenvalue weighted by Crippen LogP contribution is -2.59. The summed E-state index contributed by atoms with van der Waals surface area (Å²) in [5, 5.41) is 0. The lowest BCUT2D eigenvalue weighted by Gasteiger charge is -2.65. The van der Waals surface area contributed by atoms with E-state index >= 15 is 0 Å². The van der Waals surface area contributed by atoms with Crippen LogP contribution in [0.1, 0.15) is 57.4 Å². The fourth-order valence-electron chi connectivity index (χ4n) is 6.02. The van der Waals surface area contributed by atoms with Gasteiger partial charge in [-0.25, -0.2) is 0 Å². The molecule has 1 aromatic carbocycles. The molecule has 0 spiro atoms. The van der Waals surface area contributed by atoms with E-state index in [9.17, 15) is 0 Å². The van der Waals surface area contributed by atoms with Gasteiger partial charge in [0, 0.05) is 4.32 Å². The zero-order valence-corrected chi connectivity index (χ0v) is 13.4. The van der Waals surface area contributed by atoms with Crippen LogP contribution in [-0.2, 0) is 5.41 Å². The van der Waals surface area contributed by atoms with Gasteiger partial charge in [-0.2, -0.15) is 0 Å². The molecule has 4 saturated carbocycles. The van der Waals surface area contributed by atoms with E-state index in [2.05, 4.69) is 53.2 Å². The molecule has 4 bridgehead atoms. The molecule has 0 N–H and O–H groups in total. The van der Waals surface area contributed by atoms with Gasteiger partial charge in [0.25, 0.3) is 0 Å². The van der Waals surface area contributed by atoms with Crippen LogP contribution in [0.25, 0.3) is 0 Å². The van der Waals surface area contributed by atoms with Crippen LogP contribution >= 0.6 is 15.9 Å². The van der Waals surface area contributed by atoms with Gasteiger partial charge in [-0.15, -0.1) is 0 Å². The van der Waals surface area contributed by atoms with Crippen LogP contribution in [0.15, 0.2) is 30.3 Å². The van der Waals surface area contributed by atoms with Gasteiger partial charge in [-0.1, -0.05) is 59.6 Å². The number of rotatable bonds is 2. The molecule has 0 radical (unpaired) electrons. The zero-order valence-electron chi connectivity index (χ0n) is 11.8. The SMILES string of the molecule is CCC12CC3CC(Br)(C1)CC(c1ccccc1)(C3)C2. The van der Waals surface area contributed by atoms with Crippen molar-refractivity contribution in [1.82, 2.24) is 0 Å². The Labute approximate surface area is 125 Å². The minimum absolute atomic E-state index is 0.443. The van der Waals surface area contributed by atoms with Crippen molar-refractivity contribution in [2.75, 3.05) is 0 Å². The fraction of sp³-hybridized carbons (Fsp3) is 0.667. The standard InChI is InChI=1S/C18H23Br/c1-2-16-8-14-9-17(11-16,13-18(19,10-14)12-16)15-6-4-3-5-7-15/h3-7,14H,2,8-13H2,1H3. The lowest BCUT2D eigenvalue weighted by molar-refractivity contribution is -0.0570. The highest BCUT2D eigenvalue weighted by Gasteiger charge is 2.62. The Balaban J connectivity index is 1.82. The van der Waals surface area contributed by atoms with E-state index in [4.69, 9.17) is 0 Å². The highest BCUT2D eigenvalue weighted by Crippen LogP contribution is 2.70. The van der Waals surface area contributed by atoms with Crippen molar-refractivity contribution in [3.63, 3.8) is 0 Å². The summed E-state index contributed by atoms with van der Waals surface area (Å²) in [4.78, 5) is 0. The summed E-state index contributed by atoms with van der Waals surface area (Å²) in [7, 11) is 0. The first kappa shape index (κ1) is 12.4. The molecule has 4 aliphatic carbocycles. The molecule has 0 saturated heterocycles. The smallest absolute Gasteiger partial charge is 0.0274 e. The van der Waals surface area contributed by atoms with Gasteiger partial charge in [-0.05, 0) is 60.8 Å². The summed E-state index contributed by atoms with van der Waals surface area (Å²) in [6.45, 7) is 2.42. The zero-order chi connectivity index (χ0) is 13.1. The highest BCUT2D eigenvalue weighted by atomic mass is 79.9. The Morgan fingerprint density at radius 2 is 1.84 bits per heavy atom. The average molecular weight is 319 g/mol. The Bertz CT molecular complexity index is 496. The Morgan fingerprint density at radius 1 is 1.05 bits per heavy atom. The van der Waals surface area contributed by atoms with Gasteiger partial charge in [0.1, 0.15) is 0 Å². The molecule has 5 rings (SSSR count). The molecule has 1 heteroatoms. The van der Waals surface area contributed by atoms with Crippen molar-refractivity contribution in [2.24, 2.45) is 11.3 Å². The molecule has 4 atom stereocenters. The second-order valence-corrected chi connectivity index (χ2v) is 9.34. The van der Waals surface area contributed by atoms with Gasteiger partial charge in [0.05, 0.1) is 0 Å². The van der Waals surface area contributed by atoms with E-state index in [1.807, 2.05) is 0 Å². The average Bonchev–Trinajstić information content (AvgIpc) is 2.37. The first-order chi connectivity index (χ1) is 9.07. The summed E-state index contributed by atoms with van der Waals surface area (Å²) in [6.07, 6.45) is 9.93. The molecule has 4 fully saturated rings. The quantitative estimate of drug-likeness (QED) is 0.636. The van der Waals surface area contributed by atoms with Crippen molar-refractivity contribution in [3.05, 3.63) is 35.9 Å². The molecule has 0 amide bonds. The van der Waals surface area contributed by atoms with E-state index in [0.717, 1.165) is 5.92 Å². The molecule has 0 aromatic heterocycles. The minimum Gasteiger partial charge on any atom is -0.0853 e. The topological polar surface area (TPSA) is 0 Å². The van der Waals surface area contributed by atoms with Crippen LogP contribution < -0.4 is 0 Å². The monoisotopic (exact) mass is 318 g/mol. The molecule has 102 valence electrons. The molecule has 4 unspecified atom stereocenters. The maximum atomic E-state index is 4.17. The largest absolute Gasteiger partial charge is 0.0853 e. The number of hydrogen-bond acceptors (Lipinski definition) is 0. The number of alkyl halides is 1. The summed E-state index contributed by atoms with van der Waals surface area (Å²) in [5.41, 5.74) is 2.71. The van der Waals surface area contributed by atoms with Crippen molar-refractivity contribution in [3.8, 4) is 0 Å². The summed E-state index contributed by atoms with van der Waals surface area (Å²) in [5.74, 6) is 0.954. The Hall–Kier alpha value is -0.300. The minimum atomic E-state index is 0.443. The van der Waals surface area contributed by atoms with Crippen molar-refractivity contribution in [2.45, 2.75) is 61.6 Å². The number of benzene rings is 1. The first-order valence-electron chi connectivity index (χ1n) is 7.82. The van der Waals surface area contributed by atoms with E-state index < -0.39 is 0 Å². The van der Waals surface area contributed by atoms with Gasteiger partial charge < -0.3 is 0 Å². The normalized spacial score (nSPS) is 47.6. The number of hydrogen-bond donors (Lipinski definition) is 0. The van der Waals surface area contributed by atoms with Crippen LogP contribution in [0.4, 0.5) is 0 Å². The maximum Gasteiger partial charge on any atom is 0.0274 e. The van der Waals surface area contributed by atoms with Crippen LogP contribution in [0.3, 0.4) is 0 Å². The van der Waals surface area contributed by atoms with Gasteiger partial charge in [-0.3, -0.25) is 0 Å². The first-order valence-corrected chi connectivity index (χ1v) is 8.61. The fourth-order valence-corrected chi connectivity index (χ4v) is 7.61. The Kier molecular flexibility index (Phi) is 2.54. The Morgan fingerprint density at radius 3 is 2.53 bits per heavy atom. The lowest BCUT2D eigenvalue weighted by atomic mass is 9.42. The summed E-state index contributed by atoms with van der Waals surface area (Å²) < 4.78 is 0.443. The van der Waals surface area contributed by atoms with E-state index in [-0.39, 0.29) is 0 Å². The maximum absolute atomic E-state index is 4.17. The summed E-state index contributed by atoms with van der Waals surface area (Å²) >= 11 is 4.17. The van der Waals surface area contributed by atoms with Gasteiger partial charge >= 0.3 is 0 Å². The molecule has 0 aliphatic heterocycles. The molecule has 1 aromatic rings. The third-order valence-corrected chi connectivity index (χ3v) is 7.14. The van der Waals surface area contributed by atoms with Crippen LogP contribution in [0.2, 0.25) is 0 Å². The molecule has 0 nitrogen and oxygen atoms in total. The van der Waals surface area contributed by atoms with Crippen molar-refractivity contribution in [1.29, 1.82) is 0 Å². The van der Waals surface area contributed by atoms with Crippen LogP contribution in [-0.4, -0.2) is 4.32 Å². The molecular formula is C18H23Br. The summed E-state index contributed by atoms with van der Waals surface area (Å²) in [6, 6.07) is 11.4. The highest BCUT2D eigenvalue weighted by molar-refractivity contribution is 9.10.